The van der Waals surface area contributed by atoms with Gasteiger partial charge in [0, 0.05) is 6.08 Å². The average Bonchev–Trinajstić information content (AvgIpc) is 2.58. The molecule has 0 radical (unpaired) electrons. The van der Waals surface area contributed by atoms with E-state index >= 15 is 0 Å². The van der Waals surface area contributed by atoms with Crippen LogP contribution in [0.25, 0.3) is 0 Å². The third-order valence-corrected chi connectivity index (χ3v) is 3.37. The molecule has 24 heavy (non-hydrogen) atoms. The molecule has 0 aliphatic rings. The summed E-state index contributed by atoms with van der Waals surface area (Å²) in [6.45, 7) is 4.45. The van der Waals surface area contributed by atoms with Crippen molar-refractivity contribution in [3.8, 4) is 0 Å². The summed E-state index contributed by atoms with van der Waals surface area (Å²) in [5.41, 5.74) is 0. The van der Waals surface area contributed by atoms with E-state index in [0.717, 1.165) is 6.42 Å². The van der Waals surface area contributed by atoms with Crippen molar-refractivity contribution in [1.82, 2.24) is 0 Å². The molecule has 134 valence electrons. The fourth-order valence-corrected chi connectivity index (χ4v) is 2.07. The quantitative estimate of drug-likeness (QED) is 0.120. The van der Waals surface area contributed by atoms with Gasteiger partial charge >= 0.3 is 5.97 Å². The second-order valence-corrected chi connectivity index (χ2v) is 5.57. The molecule has 0 rings (SSSR count). The molecule has 0 aromatic rings. The lowest BCUT2D eigenvalue weighted by Gasteiger charge is -1.97. The number of carbonyl (C=O) groups is 1. The number of esters is 1. The summed E-state index contributed by atoms with van der Waals surface area (Å²) in [6.07, 6.45) is 29.7. The predicted molar refractivity (Wildman–Crippen MR) is 105 cm³/mol. The highest BCUT2D eigenvalue weighted by Gasteiger charge is 1.89. The van der Waals surface area contributed by atoms with Crippen LogP contribution in [0.15, 0.2) is 60.8 Å². The fraction of sp³-hybridized carbons (Fsp3) is 0.500. The Bertz CT molecular complexity index is 425. The van der Waals surface area contributed by atoms with Crippen molar-refractivity contribution in [2.24, 2.45) is 0 Å². The molecule has 0 aliphatic carbocycles. The maximum atomic E-state index is 11.0. The number of rotatable bonds is 14. The van der Waals surface area contributed by atoms with Gasteiger partial charge in [-0.05, 0) is 26.2 Å². The highest BCUT2D eigenvalue weighted by molar-refractivity contribution is 5.82. The van der Waals surface area contributed by atoms with Crippen LogP contribution in [0.1, 0.15) is 65.2 Å². The van der Waals surface area contributed by atoms with Crippen molar-refractivity contribution in [3.63, 3.8) is 0 Å². The first-order chi connectivity index (χ1) is 11.8. The summed E-state index contributed by atoms with van der Waals surface area (Å²) in [5, 5.41) is 0. The zero-order valence-corrected chi connectivity index (χ0v) is 15.5. The van der Waals surface area contributed by atoms with Crippen LogP contribution in [0.5, 0.6) is 0 Å². The number of unbranched alkanes of at least 4 members (excludes halogenated alkanes) is 6. The molecule has 0 aromatic heterocycles. The van der Waals surface area contributed by atoms with Crippen molar-refractivity contribution < 1.29 is 9.53 Å². The zero-order valence-electron chi connectivity index (χ0n) is 15.5. The largest absolute Gasteiger partial charge is 0.463 e. The molecule has 0 aliphatic heterocycles. The highest BCUT2D eigenvalue weighted by Crippen LogP contribution is 2.07. The van der Waals surface area contributed by atoms with Crippen LogP contribution in [0.4, 0.5) is 0 Å². The Hall–Kier alpha value is -1.83. The van der Waals surface area contributed by atoms with Gasteiger partial charge in [0.1, 0.15) is 0 Å². The van der Waals surface area contributed by atoms with Gasteiger partial charge in [-0.1, -0.05) is 93.7 Å². The molecular formula is C22H34O2. The van der Waals surface area contributed by atoms with Crippen LogP contribution in [-0.2, 0) is 9.53 Å². The summed E-state index contributed by atoms with van der Waals surface area (Å²) in [5.74, 6) is -0.307. The van der Waals surface area contributed by atoms with Gasteiger partial charge in [-0.2, -0.15) is 0 Å². The summed E-state index contributed by atoms with van der Waals surface area (Å²) in [7, 11) is 0. The smallest absolute Gasteiger partial charge is 0.330 e. The summed E-state index contributed by atoms with van der Waals surface area (Å²) in [4.78, 5) is 11.0. The Morgan fingerprint density at radius 3 is 2.17 bits per heavy atom. The molecular weight excluding hydrogens is 296 g/mol. The van der Waals surface area contributed by atoms with E-state index in [2.05, 4.69) is 25.2 Å². The molecule has 0 saturated heterocycles. The normalized spacial score (nSPS) is 12.6. The van der Waals surface area contributed by atoms with Crippen LogP contribution in [0.2, 0.25) is 0 Å². The van der Waals surface area contributed by atoms with Gasteiger partial charge in [0.05, 0.1) is 6.61 Å². The summed E-state index contributed by atoms with van der Waals surface area (Å²) < 4.78 is 4.78. The van der Waals surface area contributed by atoms with Crippen LogP contribution in [-0.4, -0.2) is 12.6 Å². The molecule has 0 bridgehead atoms. The van der Waals surface area contributed by atoms with E-state index < -0.39 is 0 Å². The molecule has 0 unspecified atom stereocenters. The van der Waals surface area contributed by atoms with Gasteiger partial charge in [-0.25, -0.2) is 4.79 Å². The van der Waals surface area contributed by atoms with E-state index in [0.29, 0.717) is 6.61 Å². The minimum Gasteiger partial charge on any atom is -0.463 e. The molecule has 0 saturated carbocycles. The molecule has 0 spiro atoms. The van der Waals surface area contributed by atoms with Crippen LogP contribution >= 0.6 is 0 Å². The predicted octanol–water partition coefficient (Wildman–Crippen LogP) is 6.47. The van der Waals surface area contributed by atoms with E-state index in [9.17, 15) is 4.79 Å². The van der Waals surface area contributed by atoms with Crippen LogP contribution < -0.4 is 0 Å². The number of allylic oxidation sites excluding steroid dienone is 9. The molecule has 0 N–H and O–H groups in total. The Morgan fingerprint density at radius 2 is 1.42 bits per heavy atom. The first kappa shape index (κ1) is 22.2. The molecule has 2 heteroatoms. The molecule has 0 amide bonds. The fourth-order valence-electron chi connectivity index (χ4n) is 2.07. The van der Waals surface area contributed by atoms with Gasteiger partial charge in [-0.15, -0.1) is 0 Å². The van der Waals surface area contributed by atoms with Gasteiger partial charge < -0.3 is 4.74 Å². The van der Waals surface area contributed by atoms with E-state index in [1.165, 1.54) is 51.0 Å². The van der Waals surface area contributed by atoms with E-state index in [1.54, 1.807) is 13.0 Å². The Labute approximate surface area is 148 Å². The number of ether oxygens (including phenoxy) is 1. The number of carbonyl (C=O) groups excluding carboxylic acids is 1. The lowest BCUT2D eigenvalue weighted by atomic mass is 10.1. The minimum atomic E-state index is -0.307. The lowest BCUT2D eigenvalue weighted by molar-refractivity contribution is -0.137. The minimum absolute atomic E-state index is 0.307. The summed E-state index contributed by atoms with van der Waals surface area (Å²) >= 11 is 0. The lowest BCUT2D eigenvalue weighted by Crippen LogP contribution is -1.98. The summed E-state index contributed by atoms with van der Waals surface area (Å²) in [6, 6.07) is 0. The molecule has 0 heterocycles. The second kappa shape index (κ2) is 19.2. The van der Waals surface area contributed by atoms with E-state index in [-0.39, 0.29) is 5.97 Å². The zero-order chi connectivity index (χ0) is 17.7. The SMILES string of the molecule is CCCCCCCC/C=C/C/C=C/C=CC=CC=CC(=O)OCC. The molecule has 2 nitrogen and oxygen atoms in total. The third-order valence-electron chi connectivity index (χ3n) is 3.37. The van der Waals surface area contributed by atoms with Crippen LogP contribution in [0, 0.1) is 0 Å². The van der Waals surface area contributed by atoms with Gasteiger partial charge in [0.25, 0.3) is 0 Å². The third kappa shape index (κ3) is 18.2. The maximum Gasteiger partial charge on any atom is 0.330 e. The number of hydrogen-bond acceptors (Lipinski definition) is 2. The van der Waals surface area contributed by atoms with Gasteiger partial charge in [0.15, 0.2) is 0 Å². The van der Waals surface area contributed by atoms with Crippen molar-refractivity contribution in [2.45, 2.75) is 65.2 Å². The first-order valence-electron chi connectivity index (χ1n) is 9.29. The van der Waals surface area contributed by atoms with Crippen molar-refractivity contribution in [3.05, 3.63) is 60.8 Å². The first-order valence-corrected chi connectivity index (χ1v) is 9.29. The van der Waals surface area contributed by atoms with Crippen molar-refractivity contribution in [1.29, 1.82) is 0 Å². The number of hydrogen-bond donors (Lipinski definition) is 0. The van der Waals surface area contributed by atoms with Crippen molar-refractivity contribution >= 4 is 5.97 Å². The van der Waals surface area contributed by atoms with Crippen molar-refractivity contribution in [2.75, 3.05) is 6.61 Å². The molecule has 0 fully saturated rings. The maximum absolute atomic E-state index is 11.0. The Morgan fingerprint density at radius 1 is 0.750 bits per heavy atom. The highest BCUT2D eigenvalue weighted by atomic mass is 16.5. The Balaban J connectivity index is 3.57. The van der Waals surface area contributed by atoms with Crippen LogP contribution in [0.3, 0.4) is 0 Å². The second-order valence-electron chi connectivity index (χ2n) is 5.57. The molecule has 0 atom stereocenters. The average molecular weight is 331 g/mol. The standard InChI is InChI=1S/C22H34O2/c1-3-5-6-7-8-9-10-11-12-13-14-15-16-17-18-19-20-21-22(23)24-4-2/h11-12,14-21H,3-10,13H2,1-2H3/b12-11+,15-14+,17-16?,19-18?,21-20?. The van der Waals surface area contributed by atoms with Gasteiger partial charge in [-0.3, -0.25) is 0 Å². The monoisotopic (exact) mass is 330 g/mol. The van der Waals surface area contributed by atoms with E-state index in [1.807, 2.05) is 30.4 Å². The molecule has 0 aromatic carbocycles. The topological polar surface area (TPSA) is 26.3 Å². The van der Waals surface area contributed by atoms with E-state index in [4.69, 9.17) is 4.74 Å². The van der Waals surface area contributed by atoms with Gasteiger partial charge in [0.2, 0.25) is 0 Å². The Kier molecular flexibility index (Phi) is 17.8.